The van der Waals surface area contributed by atoms with Crippen LogP contribution < -0.4 is 9.80 Å². The van der Waals surface area contributed by atoms with Crippen molar-refractivity contribution in [3.05, 3.63) is 273 Å². The molecular weight excluding hydrogens is 1140 g/mol. The van der Waals surface area contributed by atoms with E-state index in [0.717, 1.165) is 50.9 Å². The minimum absolute atomic E-state index is 1.06. The summed E-state index contributed by atoms with van der Waals surface area (Å²) < 4.78 is 15.3. The van der Waals surface area contributed by atoms with Gasteiger partial charge in [0.15, 0.2) is 0 Å². The van der Waals surface area contributed by atoms with Crippen LogP contribution in [0.25, 0.3) is 139 Å². The molecule has 86 heavy (non-hydrogen) atoms. The highest BCUT2D eigenvalue weighted by atomic mass is 32.1. The number of benzene rings is 13. The number of nitrogens with zero attached hydrogens (tertiary/aromatic N) is 3. The van der Waals surface area contributed by atoms with Gasteiger partial charge in [-0.05, 0) is 163 Å². The van der Waals surface area contributed by atoms with Crippen LogP contribution in [0.5, 0.6) is 0 Å². The second-order valence-electron chi connectivity index (χ2n) is 22.4. The van der Waals surface area contributed by atoms with E-state index in [1.54, 1.807) is 0 Å². The predicted molar refractivity (Wildman–Crippen MR) is 380 cm³/mol. The molecule has 0 aliphatic heterocycles. The minimum Gasteiger partial charge on any atom is -0.310 e. The molecule has 6 heterocycles. The molecule has 13 aromatic carbocycles. The summed E-state index contributed by atoms with van der Waals surface area (Å²) in [6, 6.07) is 103. The Kier molecular flexibility index (Phi) is 10.7. The van der Waals surface area contributed by atoms with Crippen LogP contribution in [-0.2, 0) is 0 Å². The topological polar surface area (TPSA) is 11.4 Å². The van der Waals surface area contributed by atoms with Crippen molar-refractivity contribution in [3.63, 3.8) is 0 Å². The first kappa shape index (κ1) is 48.7. The van der Waals surface area contributed by atoms with Crippen LogP contribution in [0.2, 0.25) is 0 Å². The van der Waals surface area contributed by atoms with Crippen LogP contribution in [0.15, 0.2) is 273 Å². The smallest absolute Gasteiger partial charge is 0.0555 e. The molecule has 8 heteroatoms. The normalized spacial score (nSPS) is 12.2. The summed E-state index contributed by atoms with van der Waals surface area (Å²) in [7, 11) is 0. The lowest BCUT2D eigenvalue weighted by molar-refractivity contribution is 1.18. The molecule has 0 bridgehead atoms. The fourth-order valence-electron chi connectivity index (χ4n) is 13.6. The largest absolute Gasteiger partial charge is 0.310 e. The molecule has 0 fully saturated rings. The first-order valence-corrected chi connectivity index (χ1v) is 33.0. The molecule has 0 atom stereocenters. The van der Waals surface area contributed by atoms with Crippen LogP contribution >= 0.6 is 56.7 Å². The Bertz CT molecular complexity index is 5530. The Hall–Kier alpha value is -9.64. The molecule has 0 N–H and O–H groups in total. The van der Waals surface area contributed by atoms with Crippen molar-refractivity contribution in [1.29, 1.82) is 0 Å². The number of hydrogen-bond donors (Lipinski definition) is 0. The van der Waals surface area contributed by atoms with Crippen molar-refractivity contribution in [2.24, 2.45) is 0 Å². The van der Waals surface area contributed by atoms with Crippen molar-refractivity contribution in [1.82, 2.24) is 4.57 Å². The molecule has 0 saturated heterocycles. The van der Waals surface area contributed by atoms with Gasteiger partial charge in [-0.1, -0.05) is 121 Å². The Morgan fingerprint density at radius 3 is 1.03 bits per heavy atom. The number of thiophene rings is 5. The van der Waals surface area contributed by atoms with Crippen LogP contribution in [0.1, 0.15) is 0 Å². The number of para-hydroxylation sites is 1. The number of rotatable bonds is 8. The second-order valence-corrected chi connectivity index (χ2v) is 27.7. The van der Waals surface area contributed by atoms with E-state index in [0.29, 0.717) is 0 Å². The third-order valence-electron chi connectivity index (χ3n) is 17.5. The van der Waals surface area contributed by atoms with Gasteiger partial charge < -0.3 is 14.4 Å². The summed E-state index contributed by atoms with van der Waals surface area (Å²) in [5.74, 6) is 0. The van der Waals surface area contributed by atoms with Crippen molar-refractivity contribution in [2.45, 2.75) is 0 Å². The summed E-state index contributed by atoms with van der Waals surface area (Å²) in [4.78, 5) is 5.04. The third kappa shape index (κ3) is 7.48. The maximum atomic E-state index is 2.52. The average molecular weight is 1180 g/mol. The Morgan fingerprint density at radius 1 is 0.221 bits per heavy atom. The fraction of sp³-hybridized carbons (Fsp3) is 0. The SMILES string of the molecule is c1ccc(-n2c3ccc(-c4cc(N(c5ccc6sc7ccccc7c6c5)c5ccc6sc7ccccc7c6c5)cc(N(c5ccc6sc7ccccc7c6c5)c5ccc6sc7ccccc7c6c5)c4)cc3c3c4sc5ccccc5c4ccc32)cc1. The highest BCUT2D eigenvalue weighted by Gasteiger charge is 2.25. The van der Waals surface area contributed by atoms with E-state index in [-0.39, 0.29) is 0 Å². The first-order valence-electron chi connectivity index (χ1n) is 28.9. The van der Waals surface area contributed by atoms with Crippen LogP contribution in [-0.4, -0.2) is 4.57 Å². The predicted octanol–water partition coefficient (Wildman–Crippen LogP) is 25.2. The van der Waals surface area contributed by atoms with Gasteiger partial charge in [0.1, 0.15) is 0 Å². The van der Waals surface area contributed by atoms with E-state index in [1.165, 1.54) is 123 Å². The van der Waals surface area contributed by atoms with Crippen LogP contribution in [0.4, 0.5) is 34.1 Å². The van der Waals surface area contributed by atoms with Crippen molar-refractivity contribution in [2.75, 3.05) is 9.80 Å². The van der Waals surface area contributed by atoms with E-state index in [9.17, 15) is 0 Å². The maximum Gasteiger partial charge on any atom is 0.0555 e. The van der Waals surface area contributed by atoms with Gasteiger partial charge >= 0.3 is 0 Å². The summed E-state index contributed by atoms with van der Waals surface area (Å²) in [6.07, 6.45) is 0. The van der Waals surface area contributed by atoms with Gasteiger partial charge in [-0.3, -0.25) is 0 Å². The highest BCUT2D eigenvalue weighted by molar-refractivity contribution is 7.27. The summed E-state index contributed by atoms with van der Waals surface area (Å²) in [5.41, 5.74) is 12.3. The lowest BCUT2D eigenvalue weighted by Gasteiger charge is -2.30. The van der Waals surface area contributed by atoms with E-state index >= 15 is 0 Å². The van der Waals surface area contributed by atoms with E-state index < -0.39 is 0 Å². The zero-order valence-electron chi connectivity index (χ0n) is 45.9. The number of aromatic nitrogens is 1. The van der Waals surface area contributed by atoms with E-state index in [2.05, 4.69) is 287 Å². The molecule has 19 rings (SSSR count). The molecule has 0 saturated carbocycles. The Labute approximate surface area is 513 Å². The summed E-state index contributed by atoms with van der Waals surface area (Å²) >= 11 is 9.36. The van der Waals surface area contributed by atoms with Gasteiger partial charge in [0, 0.05) is 151 Å². The van der Waals surface area contributed by atoms with Crippen molar-refractivity contribution in [3.8, 4) is 16.8 Å². The monoisotopic (exact) mass is 1180 g/mol. The second kappa shape index (κ2) is 18.9. The molecule has 3 nitrogen and oxygen atoms in total. The van der Waals surface area contributed by atoms with Gasteiger partial charge in [-0.15, -0.1) is 56.7 Å². The Balaban J connectivity index is 0.922. The molecule has 0 radical (unpaired) electrons. The van der Waals surface area contributed by atoms with E-state index in [1.807, 2.05) is 56.7 Å². The standard InChI is InChI=1S/C78H45N3S5/c1-2-14-48(15-3-1)81-66-32-26-46(40-65(66)77-67(81)33-31-60-55-16-4-13-25-72(55)86-78(60)77)47-38-53(79(49-27-34-73-61(42-49)56-17-5-9-21-68(56)82-73)50-28-35-74-62(43-50)57-18-6-10-22-69(57)83-74)41-54(39-47)80(51-29-36-75-63(44-51)58-19-7-11-23-70(58)84-75)52-30-37-76-64(45-52)59-20-8-12-24-71(59)85-76/h1-45H. The number of anilines is 6. The zero-order valence-corrected chi connectivity index (χ0v) is 49.9. The van der Waals surface area contributed by atoms with Crippen molar-refractivity contribution < 1.29 is 0 Å². The van der Waals surface area contributed by atoms with Gasteiger partial charge in [-0.25, -0.2) is 0 Å². The molecule has 0 aliphatic rings. The van der Waals surface area contributed by atoms with Crippen molar-refractivity contribution >= 4 is 213 Å². The molecule has 402 valence electrons. The lowest BCUT2D eigenvalue weighted by Crippen LogP contribution is -2.13. The van der Waals surface area contributed by atoms with Gasteiger partial charge in [-0.2, -0.15) is 0 Å². The zero-order chi connectivity index (χ0) is 56.1. The molecular formula is C78H45N3S5. The van der Waals surface area contributed by atoms with Gasteiger partial charge in [0.2, 0.25) is 0 Å². The average Bonchev–Trinajstić information content (AvgIpc) is 1.76. The molecule has 19 aromatic rings. The lowest BCUT2D eigenvalue weighted by atomic mass is 9.99. The first-order chi connectivity index (χ1) is 42.6. The van der Waals surface area contributed by atoms with Crippen LogP contribution in [0.3, 0.4) is 0 Å². The molecule has 0 spiro atoms. The molecule has 0 unspecified atom stereocenters. The van der Waals surface area contributed by atoms with Crippen LogP contribution in [0, 0.1) is 0 Å². The fourth-order valence-corrected chi connectivity index (χ4v) is 19.3. The summed E-state index contributed by atoms with van der Waals surface area (Å²) in [5, 5.41) is 15.2. The Morgan fingerprint density at radius 2 is 0.593 bits per heavy atom. The third-order valence-corrected chi connectivity index (χ3v) is 23.3. The summed E-state index contributed by atoms with van der Waals surface area (Å²) in [6.45, 7) is 0. The number of hydrogen-bond acceptors (Lipinski definition) is 7. The van der Waals surface area contributed by atoms with Gasteiger partial charge in [0.25, 0.3) is 0 Å². The number of fused-ring (bicyclic) bond motifs is 19. The highest BCUT2D eigenvalue weighted by Crippen LogP contribution is 2.51. The molecule has 0 amide bonds. The minimum atomic E-state index is 1.06. The quantitative estimate of drug-likeness (QED) is 0.150. The van der Waals surface area contributed by atoms with Gasteiger partial charge in [0.05, 0.1) is 11.0 Å². The molecule has 6 aromatic heterocycles. The maximum absolute atomic E-state index is 2.52. The van der Waals surface area contributed by atoms with E-state index in [4.69, 9.17) is 0 Å². The molecule has 0 aliphatic carbocycles.